The van der Waals surface area contributed by atoms with Gasteiger partial charge < -0.3 is 15.0 Å². The summed E-state index contributed by atoms with van der Waals surface area (Å²) in [5, 5.41) is 4.02. The molecule has 0 aliphatic rings. The van der Waals surface area contributed by atoms with Gasteiger partial charge in [0.05, 0.1) is 7.11 Å². The molecule has 0 amide bonds. The van der Waals surface area contributed by atoms with Gasteiger partial charge in [-0.3, -0.25) is 0 Å². The second-order valence-electron chi connectivity index (χ2n) is 4.02. The zero-order chi connectivity index (χ0) is 13.0. The predicted molar refractivity (Wildman–Crippen MR) is 71.9 cm³/mol. The molecule has 0 saturated heterocycles. The lowest BCUT2D eigenvalue weighted by atomic mass is 10.2. The summed E-state index contributed by atoms with van der Waals surface area (Å²) in [4.78, 5) is 7.31. The highest BCUT2D eigenvalue weighted by Gasteiger charge is 2.07. The van der Waals surface area contributed by atoms with Gasteiger partial charge in [-0.1, -0.05) is 17.7 Å². The van der Waals surface area contributed by atoms with Crippen LogP contribution in [0.25, 0.3) is 0 Å². The summed E-state index contributed by atoms with van der Waals surface area (Å²) in [6.07, 6.45) is 1.83. The lowest BCUT2D eigenvalue weighted by Crippen LogP contribution is -2.14. The zero-order valence-electron chi connectivity index (χ0n) is 10.5. The maximum absolute atomic E-state index is 6.15. The van der Waals surface area contributed by atoms with Crippen molar-refractivity contribution in [1.29, 1.82) is 0 Å². The summed E-state index contributed by atoms with van der Waals surface area (Å²) < 4.78 is 5.29. The smallest absolute Gasteiger partial charge is 0.124 e. The molecular weight excluding hydrogens is 250 g/mol. The Labute approximate surface area is 111 Å². The van der Waals surface area contributed by atoms with Crippen LogP contribution in [0, 0.1) is 6.92 Å². The normalized spacial score (nSPS) is 10.6. The molecule has 0 bridgehead atoms. The number of methoxy groups -OCH3 is 1. The van der Waals surface area contributed by atoms with Crippen LogP contribution in [-0.4, -0.2) is 17.1 Å². The Bertz CT molecular complexity index is 525. The van der Waals surface area contributed by atoms with Gasteiger partial charge in [-0.15, -0.1) is 0 Å². The van der Waals surface area contributed by atoms with Crippen LogP contribution in [0.1, 0.15) is 17.1 Å². The largest absolute Gasteiger partial charge is 0.496 e. The number of imidazole rings is 1. The summed E-state index contributed by atoms with van der Waals surface area (Å²) in [7, 11) is 1.65. The average molecular weight is 266 g/mol. The Morgan fingerprint density at radius 3 is 2.89 bits per heavy atom. The van der Waals surface area contributed by atoms with Gasteiger partial charge in [-0.2, -0.15) is 0 Å². The van der Waals surface area contributed by atoms with Gasteiger partial charge >= 0.3 is 0 Å². The van der Waals surface area contributed by atoms with Crippen molar-refractivity contribution in [3.63, 3.8) is 0 Å². The van der Waals surface area contributed by atoms with Crippen LogP contribution in [0.5, 0.6) is 5.75 Å². The molecule has 0 fully saturated rings. The summed E-state index contributed by atoms with van der Waals surface area (Å²) in [5.41, 5.74) is 2.02. The molecule has 18 heavy (non-hydrogen) atoms. The van der Waals surface area contributed by atoms with E-state index in [4.69, 9.17) is 16.3 Å². The predicted octanol–water partition coefficient (Wildman–Crippen LogP) is 2.67. The standard InChI is InChI=1S/C13H16ClN3O/c1-9-16-7-10(17-9)6-15-8-11-12(14)4-3-5-13(11)18-2/h3-5,7,15H,6,8H2,1-2H3,(H,16,17). The fourth-order valence-electron chi connectivity index (χ4n) is 1.79. The number of halogens is 1. The quantitative estimate of drug-likeness (QED) is 0.874. The number of rotatable bonds is 5. The van der Waals surface area contributed by atoms with E-state index in [2.05, 4.69) is 15.3 Å². The molecule has 4 nitrogen and oxygen atoms in total. The average Bonchev–Trinajstić information content (AvgIpc) is 2.77. The minimum Gasteiger partial charge on any atom is -0.496 e. The number of benzene rings is 1. The van der Waals surface area contributed by atoms with E-state index in [0.29, 0.717) is 11.6 Å². The van der Waals surface area contributed by atoms with E-state index in [1.807, 2.05) is 31.3 Å². The zero-order valence-corrected chi connectivity index (χ0v) is 11.2. The highest BCUT2D eigenvalue weighted by molar-refractivity contribution is 6.31. The molecule has 1 aromatic heterocycles. The third kappa shape index (κ3) is 3.03. The van der Waals surface area contributed by atoms with Crippen molar-refractivity contribution in [1.82, 2.24) is 15.3 Å². The van der Waals surface area contributed by atoms with E-state index in [9.17, 15) is 0 Å². The third-order valence-corrected chi connectivity index (χ3v) is 3.02. The first-order chi connectivity index (χ1) is 8.70. The molecule has 96 valence electrons. The van der Waals surface area contributed by atoms with Gasteiger partial charge in [-0.05, 0) is 19.1 Å². The molecule has 0 unspecified atom stereocenters. The number of nitrogens with zero attached hydrogens (tertiary/aromatic N) is 1. The van der Waals surface area contributed by atoms with Crippen molar-refractivity contribution in [3.05, 3.63) is 46.5 Å². The number of aromatic amines is 1. The molecular formula is C13H16ClN3O. The van der Waals surface area contributed by atoms with E-state index in [1.165, 1.54) is 0 Å². The number of hydrogen-bond acceptors (Lipinski definition) is 3. The van der Waals surface area contributed by atoms with Crippen LogP contribution >= 0.6 is 11.6 Å². The summed E-state index contributed by atoms with van der Waals surface area (Å²) in [6, 6.07) is 5.65. The maximum atomic E-state index is 6.15. The first-order valence-electron chi connectivity index (χ1n) is 5.73. The molecule has 2 aromatic rings. The summed E-state index contributed by atoms with van der Waals surface area (Å²) in [5.74, 6) is 1.72. The molecule has 2 N–H and O–H groups in total. The Morgan fingerprint density at radius 1 is 1.39 bits per heavy atom. The van der Waals surface area contributed by atoms with Gasteiger partial charge in [0, 0.05) is 35.6 Å². The number of aromatic nitrogens is 2. The molecule has 1 aromatic carbocycles. The summed E-state index contributed by atoms with van der Waals surface area (Å²) in [6.45, 7) is 3.30. The Hall–Kier alpha value is -1.52. The fraction of sp³-hybridized carbons (Fsp3) is 0.308. The molecule has 0 aliphatic heterocycles. The monoisotopic (exact) mass is 265 g/mol. The fourth-order valence-corrected chi connectivity index (χ4v) is 2.02. The minimum absolute atomic E-state index is 0.654. The second kappa shape index (κ2) is 5.89. The van der Waals surface area contributed by atoms with Crippen LogP contribution in [0.4, 0.5) is 0 Å². The Kier molecular flexibility index (Phi) is 4.23. The molecule has 0 atom stereocenters. The van der Waals surface area contributed by atoms with Crippen LogP contribution < -0.4 is 10.1 Å². The van der Waals surface area contributed by atoms with Crippen molar-refractivity contribution in [3.8, 4) is 5.75 Å². The van der Waals surface area contributed by atoms with Gasteiger partial charge in [0.15, 0.2) is 0 Å². The second-order valence-corrected chi connectivity index (χ2v) is 4.43. The van der Waals surface area contributed by atoms with Gasteiger partial charge in [0.2, 0.25) is 0 Å². The number of H-pyrrole nitrogens is 1. The van der Waals surface area contributed by atoms with E-state index in [1.54, 1.807) is 7.11 Å². The lowest BCUT2D eigenvalue weighted by Gasteiger charge is -2.10. The lowest BCUT2D eigenvalue weighted by molar-refractivity contribution is 0.407. The van der Waals surface area contributed by atoms with Crippen molar-refractivity contribution < 1.29 is 4.74 Å². The highest BCUT2D eigenvalue weighted by Crippen LogP contribution is 2.25. The van der Waals surface area contributed by atoms with Gasteiger partial charge in [-0.25, -0.2) is 4.98 Å². The Balaban J connectivity index is 1.98. The number of ether oxygens (including phenoxy) is 1. The molecule has 0 spiro atoms. The number of aryl methyl sites for hydroxylation is 1. The van der Waals surface area contributed by atoms with Crippen LogP contribution in [0.3, 0.4) is 0 Å². The van der Waals surface area contributed by atoms with Gasteiger partial charge in [0.25, 0.3) is 0 Å². The highest BCUT2D eigenvalue weighted by atomic mass is 35.5. The van der Waals surface area contributed by atoms with Crippen LogP contribution in [0.2, 0.25) is 5.02 Å². The van der Waals surface area contributed by atoms with Crippen molar-refractivity contribution in [2.24, 2.45) is 0 Å². The minimum atomic E-state index is 0.654. The molecule has 0 radical (unpaired) electrons. The first kappa shape index (κ1) is 12.9. The molecule has 0 aliphatic carbocycles. The SMILES string of the molecule is COc1cccc(Cl)c1CNCc1cnc(C)[nH]1. The molecule has 5 heteroatoms. The molecule has 1 heterocycles. The number of hydrogen-bond donors (Lipinski definition) is 2. The number of nitrogens with one attached hydrogen (secondary N) is 2. The topological polar surface area (TPSA) is 49.9 Å². The van der Waals surface area contributed by atoms with Crippen molar-refractivity contribution >= 4 is 11.6 Å². The van der Waals surface area contributed by atoms with Crippen molar-refractivity contribution in [2.75, 3.05) is 7.11 Å². The van der Waals surface area contributed by atoms with Crippen LogP contribution in [-0.2, 0) is 13.1 Å². The molecule has 0 saturated carbocycles. The molecule has 2 rings (SSSR count). The van der Waals surface area contributed by atoms with Crippen molar-refractivity contribution in [2.45, 2.75) is 20.0 Å². The Morgan fingerprint density at radius 2 is 2.22 bits per heavy atom. The van der Waals surface area contributed by atoms with E-state index in [0.717, 1.165) is 29.4 Å². The van der Waals surface area contributed by atoms with Gasteiger partial charge in [0.1, 0.15) is 11.6 Å². The third-order valence-electron chi connectivity index (χ3n) is 2.67. The maximum Gasteiger partial charge on any atom is 0.124 e. The van der Waals surface area contributed by atoms with E-state index in [-0.39, 0.29) is 0 Å². The first-order valence-corrected chi connectivity index (χ1v) is 6.11. The summed E-state index contributed by atoms with van der Waals surface area (Å²) >= 11 is 6.15. The van der Waals surface area contributed by atoms with E-state index < -0.39 is 0 Å². The van der Waals surface area contributed by atoms with E-state index >= 15 is 0 Å². The van der Waals surface area contributed by atoms with Crippen LogP contribution in [0.15, 0.2) is 24.4 Å².